The molecule has 25 heavy (non-hydrogen) atoms. The molecule has 0 bridgehead atoms. The summed E-state index contributed by atoms with van der Waals surface area (Å²) in [7, 11) is 0. The van der Waals surface area contributed by atoms with Crippen LogP contribution in [0.4, 0.5) is 0 Å². The summed E-state index contributed by atoms with van der Waals surface area (Å²) in [6.45, 7) is 1.88. The maximum atomic E-state index is 12.3. The van der Waals surface area contributed by atoms with Crippen molar-refractivity contribution in [2.24, 2.45) is 0 Å². The number of ether oxygens (including phenoxy) is 1. The second-order valence-electron chi connectivity index (χ2n) is 5.20. The number of phenols is 1. The first-order chi connectivity index (χ1) is 12.0. The van der Waals surface area contributed by atoms with Gasteiger partial charge in [0, 0.05) is 11.5 Å². The molecule has 7 heteroatoms. The number of carbonyl (C=O) groups excluding carboxylic acids is 3. The Morgan fingerprint density at radius 2 is 2.08 bits per heavy atom. The van der Waals surface area contributed by atoms with Crippen LogP contribution >= 0.6 is 11.8 Å². The standard InChI is InChI=1S/C18H14O6S/c1-2-23-18(22)17-12-7-10(19)4-6-14(12)24-15(17)9-25-16-8-11(20)3-5-13(16)21/h3-8,19H,2,9H2,1H3. The number of rotatable bonds is 5. The molecule has 1 aromatic carbocycles. The van der Waals surface area contributed by atoms with E-state index in [0.717, 1.165) is 11.8 Å². The zero-order valence-corrected chi connectivity index (χ0v) is 14.1. The summed E-state index contributed by atoms with van der Waals surface area (Å²) in [5, 5.41) is 10.1. The van der Waals surface area contributed by atoms with E-state index in [1.165, 1.54) is 30.4 Å². The molecule has 0 saturated carbocycles. The average Bonchev–Trinajstić information content (AvgIpc) is 2.93. The fourth-order valence-corrected chi connectivity index (χ4v) is 3.31. The van der Waals surface area contributed by atoms with E-state index in [4.69, 9.17) is 9.15 Å². The number of fused-ring (bicyclic) bond motifs is 1. The van der Waals surface area contributed by atoms with Crippen LogP contribution in [-0.2, 0) is 20.1 Å². The number of allylic oxidation sites excluding steroid dienone is 4. The zero-order chi connectivity index (χ0) is 18.0. The number of thioether (sulfide) groups is 1. The Balaban J connectivity index is 1.95. The van der Waals surface area contributed by atoms with Gasteiger partial charge in [-0.25, -0.2) is 4.79 Å². The molecule has 0 spiro atoms. The van der Waals surface area contributed by atoms with Gasteiger partial charge < -0.3 is 14.3 Å². The number of furan rings is 1. The normalized spacial score (nSPS) is 14.0. The van der Waals surface area contributed by atoms with Gasteiger partial charge in [-0.15, -0.1) is 11.8 Å². The SMILES string of the molecule is CCOC(=O)c1c(CSC2=CC(=O)C=CC2=O)oc2ccc(O)cc12. The summed E-state index contributed by atoms with van der Waals surface area (Å²) in [6, 6.07) is 4.43. The van der Waals surface area contributed by atoms with E-state index in [9.17, 15) is 19.5 Å². The summed E-state index contributed by atoms with van der Waals surface area (Å²) in [4.78, 5) is 35.8. The Morgan fingerprint density at radius 3 is 2.84 bits per heavy atom. The maximum Gasteiger partial charge on any atom is 0.342 e. The smallest absolute Gasteiger partial charge is 0.342 e. The van der Waals surface area contributed by atoms with Gasteiger partial charge in [0.15, 0.2) is 11.6 Å². The molecule has 1 N–H and O–H groups in total. The van der Waals surface area contributed by atoms with Crippen LogP contribution in [0.2, 0.25) is 0 Å². The highest BCUT2D eigenvalue weighted by molar-refractivity contribution is 8.03. The highest BCUT2D eigenvalue weighted by atomic mass is 32.2. The van der Waals surface area contributed by atoms with Crippen molar-refractivity contribution in [1.82, 2.24) is 0 Å². The molecule has 0 fully saturated rings. The topological polar surface area (TPSA) is 93.8 Å². The molecule has 1 aliphatic rings. The molecule has 2 aromatic rings. The van der Waals surface area contributed by atoms with Crippen molar-refractivity contribution in [2.75, 3.05) is 6.61 Å². The molecule has 0 amide bonds. The lowest BCUT2D eigenvalue weighted by Gasteiger charge is -2.06. The molecule has 3 rings (SSSR count). The number of benzene rings is 1. The first-order valence-electron chi connectivity index (χ1n) is 7.52. The Bertz CT molecular complexity index is 934. The Kier molecular flexibility index (Phi) is 4.76. The summed E-state index contributed by atoms with van der Waals surface area (Å²) < 4.78 is 10.8. The summed E-state index contributed by atoms with van der Waals surface area (Å²) >= 11 is 1.11. The number of ketones is 2. The van der Waals surface area contributed by atoms with Crippen LogP contribution in [0.5, 0.6) is 5.75 Å². The molecule has 128 valence electrons. The second-order valence-corrected chi connectivity index (χ2v) is 6.22. The minimum atomic E-state index is -0.567. The van der Waals surface area contributed by atoms with E-state index in [1.807, 2.05) is 0 Å². The molecule has 0 saturated heterocycles. The molecule has 0 radical (unpaired) electrons. The van der Waals surface area contributed by atoms with Gasteiger partial charge >= 0.3 is 5.97 Å². The molecule has 1 aliphatic carbocycles. The summed E-state index contributed by atoms with van der Waals surface area (Å²) in [5.74, 6) is -0.609. The van der Waals surface area contributed by atoms with Crippen LogP contribution in [0.1, 0.15) is 23.0 Å². The Hall–Kier alpha value is -2.80. The number of aromatic hydroxyl groups is 1. The Morgan fingerprint density at radius 1 is 1.28 bits per heavy atom. The van der Waals surface area contributed by atoms with E-state index >= 15 is 0 Å². The number of hydrogen-bond donors (Lipinski definition) is 1. The first kappa shape index (κ1) is 17.0. The van der Waals surface area contributed by atoms with Gasteiger partial charge in [-0.05, 0) is 37.3 Å². The average molecular weight is 358 g/mol. The largest absolute Gasteiger partial charge is 0.508 e. The lowest BCUT2D eigenvalue weighted by Crippen LogP contribution is -2.07. The Labute approximate surface area is 147 Å². The van der Waals surface area contributed by atoms with Gasteiger partial charge in [-0.1, -0.05) is 0 Å². The van der Waals surface area contributed by atoms with Crippen LogP contribution in [0.15, 0.2) is 45.7 Å². The predicted molar refractivity (Wildman–Crippen MR) is 92.4 cm³/mol. The number of phenolic OH excluding ortho intramolecular Hbond substituents is 1. The fraction of sp³-hybridized carbons (Fsp3) is 0.167. The van der Waals surface area contributed by atoms with E-state index in [0.29, 0.717) is 16.7 Å². The van der Waals surface area contributed by atoms with Crippen LogP contribution in [-0.4, -0.2) is 29.2 Å². The van der Waals surface area contributed by atoms with Crippen molar-refractivity contribution in [1.29, 1.82) is 0 Å². The molecular weight excluding hydrogens is 344 g/mol. The van der Waals surface area contributed by atoms with Gasteiger partial charge in [-0.2, -0.15) is 0 Å². The van der Waals surface area contributed by atoms with Crippen molar-refractivity contribution < 1.29 is 28.6 Å². The quantitative estimate of drug-likeness (QED) is 0.648. The lowest BCUT2D eigenvalue weighted by atomic mass is 10.1. The van der Waals surface area contributed by atoms with Gasteiger partial charge in [0.1, 0.15) is 22.7 Å². The van der Waals surface area contributed by atoms with Crippen LogP contribution in [0.25, 0.3) is 11.0 Å². The lowest BCUT2D eigenvalue weighted by molar-refractivity contribution is -0.114. The maximum absolute atomic E-state index is 12.3. The summed E-state index contributed by atoms with van der Waals surface area (Å²) in [6.07, 6.45) is 3.68. The predicted octanol–water partition coefficient (Wildman–Crippen LogP) is 3.14. The molecule has 1 heterocycles. The monoisotopic (exact) mass is 358 g/mol. The third kappa shape index (κ3) is 3.51. The van der Waals surface area contributed by atoms with Gasteiger partial charge in [0.05, 0.1) is 17.3 Å². The van der Waals surface area contributed by atoms with Gasteiger partial charge in [-0.3, -0.25) is 9.59 Å². The summed E-state index contributed by atoms with van der Waals surface area (Å²) in [5.41, 5.74) is 0.641. The molecule has 0 aliphatic heterocycles. The molecule has 0 unspecified atom stereocenters. The van der Waals surface area contributed by atoms with E-state index < -0.39 is 5.97 Å². The van der Waals surface area contributed by atoms with Crippen molar-refractivity contribution in [3.63, 3.8) is 0 Å². The first-order valence-corrected chi connectivity index (χ1v) is 8.50. The van der Waals surface area contributed by atoms with Crippen molar-refractivity contribution in [3.05, 3.63) is 52.7 Å². The molecular formula is C18H14O6S. The van der Waals surface area contributed by atoms with Crippen LogP contribution < -0.4 is 0 Å². The minimum absolute atomic E-state index is 0.000970. The van der Waals surface area contributed by atoms with Crippen molar-refractivity contribution in [2.45, 2.75) is 12.7 Å². The third-order valence-electron chi connectivity index (χ3n) is 3.50. The zero-order valence-electron chi connectivity index (χ0n) is 13.3. The van der Waals surface area contributed by atoms with E-state index in [1.54, 1.807) is 13.0 Å². The second kappa shape index (κ2) is 6.98. The molecule has 1 aromatic heterocycles. The van der Waals surface area contributed by atoms with Crippen LogP contribution in [0, 0.1) is 0 Å². The van der Waals surface area contributed by atoms with Crippen molar-refractivity contribution in [3.8, 4) is 5.75 Å². The van der Waals surface area contributed by atoms with Crippen molar-refractivity contribution >= 4 is 40.3 Å². The van der Waals surface area contributed by atoms with E-state index in [2.05, 4.69) is 0 Å². The third-order valence-corrected chi connectivity index (χ3v) is 4.53. The highest BCUT2D eigenvalue weighted by Crippen LogP contribution is 2.34. The van der Waals surface area contributed by atoms with Gasteiger partial charge in [0.2, 0.25) is 0 Å². The highest BCUT2D eigenvalue weighted by Gasteiger charge is 2.24. The number of carbonyl (C=O) groups is 3. The molecule has 6 nitrogen and oxygen atoms in total. The number of esters is 1. The van der Waals surface area contributed by atoms with Gasteiger partial charge in [0.25, 0.3) is 0 Å². The molecule has 0 atom stereocenters. The van der Waals surface area contributed by atoms with Crippen LogP contribution in [0.3, 0.4) is 0 Å². The minimum Gasteiger partial charge on any atom is -0.508 e. The van der Waals surface area contributed by atoms with E-state index in [-0.39, 0.29) is 40.1 Å². The fourth-order valence-electron chi connectivity index (χ4n) is 2.41. The number of hydrogen-bond acceptors (Lipinski definition) is 7.